The minimum absolute atomic E-state index is 0.631. The zero-order chi connectivity index (χ0) is 14.1. The van der Waals surface area contributed by atoms with E-state index < -0.39 is 35.6 Å². The lowest BCUT2D eigenvalue weighted by Gasteiger charge is -2.26. The van der Waals surface area contributed by atoms with Gasteiger partial charge >= 0.3 is 24.0 Å². The van der Waals surface area contributed by atoms with E-state index in [1.807, 2.05) is 0 Å². The molecule has 0 bridgehead atoms. The van der Waals surface area contributed by atoms with Gasteiger partial charge in [-0.25, -0.2) is 4.79 Å². The summed E-state index contributed by atoms with van der Waals surface area (Å²) in [5.41, 5.74) is -1.05. The second-order valence-corrected chi connectivity index (χ2v) is 3.01. The zero-order valence-electron chi connectivity index (χ0n) is 8.54. The fourth-order valence-electron chi connectivity index (χ4n) is 0.771. The van der Waals surface area contributed by atoms with Gasteiger partial charge in [0.25, 0.3) is 0 Å². The normalized spacial score (nSPS) is 14.8. The number of ether oxygens (including phenoxy) is 1. The fourth-order valence-corrected chi connectivity index (χ4v) is 0.771. The van der Waals surface area contributed by atoms with Crippen molar-refractivity contribution < 1.29 is 40.3 Å². The molecule has 0 aromatic rings. The molecule has 0 rings (SSSR count). The van der Waals surface area contributed by atoms with Crippen molar-refractivity contribution in [3.05, 3.63) is 11.6 Å². The van der Waals surface area contributed by atoms with E-state index in [0.717, 1.165) is 7.11 Å². The van der Waals surface area contributed by atoms with E-state index in [1.54, 1.807) is 0 Å². The second kappa shape index (κ2) is 4.53. The summed E-state index contributed by atoms with van der Waals surface area (Å²) in [4.78, 5) is 10.6. The van der Waals surface area contributed by atoms with Gasteiger partial charge in [-0.2, -0.15) is 30.7 Å². The molecule has 100 valence electrons. The Kier molecular flexibility index (Phi) is 4.19. The summed E-state index contributed by atoms with van der Waals surface area (Å²) < 4.78 is 89.1. The summed E-state index contributed by atoms with van der Waals surface area (Å²) >= 11 is 0. The van der Waals surface area contributed by atoms with E-state index in [4.69, 9.17) is 0 Å². The molecule has 0 atom stereocenters. The van der Waals surface area contributed by atoms with Crippen molar-refractivity contribution in [1.82, 2.24) is 0 Å². The van der Waals surface area contributed by atoms with Gasteiger partial charge in [-0.1, -0.05) is 0 Å². The predicted molar refractivity (Wildman–Crippen MR) is 41.7 cm³/mol. The van der Waals surface area contributed by atoms with E-state index in [9.17, 15) is 35.5 Å². The molecule has 0 N–H and O–H groups in total. The Morgan fingerprint density at radius 1 is 1.06 bits per heavy atom. The number of halogens is 7. The first kappa shape index (κ1) is 15.7. The molecule has 0 heterocycles. The summed E-state index contributed by atoms with van der Waals surface area (Å²) in [5.74, 6) is -13.2. The SMILES string of the molecule is COC(=O)/C(C)=C/C(F)(F)C(F)(F)C(F)(F)F. The van der Waals surface area contributed by atoms with E-state index >= 15 is 0 Å². The monoisotopic (exact) mass is 268 g/mol. The Morgan fingerprint density at radius 2 is 1.47 bits per heavy atom. The van der Waals surface area contributed by atoms with Crippen LogP contribution in [0.3, 0.4) is 0 Å². The van der Waals surface area contributed by atoms with Crippen LogP contribution in [0, 0.1) is 0 Å². The number of esters is 1. The van der Waals surface area contributed by atoms with Crippen LogP contribution < -0.4 is 0 Å². The number of carbonyl (C=O) groups excluding carboxylic acids is 1. The molecule has 0 fully saturated rings. The van der Waals surface area contributed by atoms with Crippen molar-refractivity contribution >= 4 is 5.97 Å². The van der Waals surface area contributed by atoms with Crippen LogP contribution in [0.4, 0.5) is 30.7 Å². The lowest BCUT2D eigenvalue weighted by Crippen LogP contribution is -2.51. The van der Waals surface area contributed by atoms with Crippen molar-refractivity contribution in [2.75, 3.05) is 7.11 Å². The Balaban J connectivity index is 5.36. The standard InChI is InChI=1S/C8H7F7O2/c1-4(5(16)17-2)3-6(9,10)7(11,12)8(13,14)15/h3H,1-2H3/b4-3+. The Bertz CT molecular complexity index is 329. The van der Waals surface area contributed by atoms with Gasteiger partial charge in [-0.05, 0) is 6.92 Å². The van der Waals surface area contributed by atoms with Gasteiger partial charge < -0.3 is 4.74 Å². The predicted octanol–water partition coefficient (Wildman–Crippen LogP) is 2.94. The first-order chi connectivity index (χ1) is 7.37. The van der Waals surface area contributed by atoms with Gasteiger partial charge in [0.05, 0.1) is 7.11 Å². The maximum absolute atomic E-state index is 12.7. The van der Waals surface area contributed by atoms with Gasteiger partial charge in [0.15, 0.2) is 0 Å². The van der Waals surface area contributed by atoms with Crippen LogP contribution in [0.25, 0.3) is 0 Å². The third kappa shape index (κ3) is 3.10. The molecule has 17 heavy (non-hydrogen) atoms. The molecular weight excluding hydrogens is 261 g/mol. The highest BCUT2D eigenvalue weighted by atomic mass is 19.4. The molecule has 0 amide bonds. The van der Waals surface area contributed by atoms with Crippen molar-refractivity contribution in [3.63, 3.8) is 0 Å². The molecule has 2 nitrogen and oxygen atoms in total. The first-order valence-electron chi connectivity index (χ1n) is 3.97. The minimum Gasteiger partial charge on any atom is -0.466 e. The van der Waals surface area contributed by atoms with Crippen molar-refractivity contribution in [2.45, 2.75) is 24.9 Å². The number of rotatable bonds is 3. The van der Waals surface area contributed by atoms with E-state index in [0.29, 0.717) is 6.92 Å². The largest absolute Gasteiger partial charge is 0.466 e. The molecular formula is C8H7F7O2. The van der Waals surface area contributed by atoms with Crippen molar-refractivity contribution in [2.24, 2.45) is 0 Å². The fraction of sp³-hybridized carbons (Fsp3) is 0.625. The highest BCUT2D eigenvalue weighted by Gasteiger charge is 2.72. The van der Waals surface area contributed by atoms with Gasteiger partial charge in [0.2, 0.25) is 0 Å². The van der Waals surface area contributed by atoms with E-state index in [-0.39, 0.29) is 0 Å². The molecule has 9 heteroatoms. The van der Waals surface area contributed by atoms with Crippen molar-refractivity contribution in [3.8, 4) is 0 Å². The highest BCUT2D eigenvalue weighted by Crippen LogP contribution is 2.47. The number of carbonyl (C=O) groups is 1. The second-order valence-electron chi connectivity index (χ2n) is 3.01. The smallest absolute Gasteiger partial charge is 0.460 e. The summed E-state index contributed by atoms with van der Waals surface area (Å²) in [6.07, 6.45) is -7.20. The topological polar surface area (TPSA) is 26.3 Å². The van der Waals surface area contributed by atoms with Crippen LogP contribution in [-0.2, 0) is 9.53 Å². The number of hydrogen-bond donors (Lipinski definition) is 0. The van der Waals surface area contributed by atoms with Gasteiger partial charge in [0.1, 0.15) is 0 Å². The quantitative estimate of drug-likeness (QED) is 0.447. The summed E-state index contributed by atoms with van der Waals surface area (Å²) in [5, 5.41) is 0. The van der Waals surface area contributed by atoms with E-state index in [1.165, 1.54) is 0 Å². The van der Waals surface area contributed by atoms with Gasteiger partial charge in [-0.3, -0.25) is 0 Å². The maximum atomic E-state index is 12.7. The van der Waals surface area contributed by atoms with E-state index in [2.05, 4.69) is 4.74 Å². The van der Waals surface area contributed by atoms with Crippen LogP contribution in [0.15, 0.2) is 11.6 Å². The number of allylic oxidation sites excluding steroid dienone is 1. The summed E-state index contributed by atoms with van der Waals surface area (Å²) in [6.45, 7) is 0.631. The third-order valence-corrected chi connectivity index (χ3v) is 1.68. The van der Waals surface area contributed by atoms with Crippen LogP contribution >= 0.6 is 0 Å². The van der Waals surface area contributed by atoms with Gasteiger partial charge in [-0.15, -0.1) is 0 Å². The third-order valence-electron chi connectivity index (χ3n) is 1.68. The van der Waals surface area contributed by atoms with Crippen LogP contribution in [0.1, 0.15) is 6.92 Å². The van der Waals surface area contributed by atoms with Crippen LogP contribution in [0.5, 0.6) is 0 Å². The first-order valence-corrected chi connectivity index (χ1v) is 3.97. The highest BCUT2D eigenvalue weighted by molar-refractivity contribution is 5.87. The molecule has 0 aromatic heterocycles. The molecule has 0 saturated heterocycles. The lowest BCUT2D eigenvalue weighted by atomic mass is 10.1. The van der Waals surface area contributed by atoms with Crippen LogP contribution in [-0.4, -0.2) is 31.1 Å². The Morgan fingerprint density at radius 3 is 1.76 bits per heavy atom. The summed E-state index contributed by atoms with van der Waals surface area (Å²) in [7, 11) is 0.764. The molecule has 0 unspecified atom stereocenters. The van der Waals surface area contributed by atoms with Crippen molar-refractivity contribution in [1.29, 1.82) is 0 Å². The maximum Gasteiger partial charge on any atom is 0.460 e. The molecule has 0 radical (unpaired) electrons. The average molecular weight is 268 g/mol. The number of hydrogen-bond acceptors (Lipinski definition) is 2. The molecule has 0 aliphatic rings. The molecule has 0 saturated carbocycles. The van der Waals surface area contributed by atoms with Gasteiger partial charge in [0, 0.05) is 11.6 Å². The number of alkyl halides is 7. The average Bonchev–Trinajstić information content (AvgIpc) is 2.13. The van der Waals surface area contributed by atoms with Crippen LogP contribution in [0.2, 0.25) is 0 Å². The summed E-state index contributed by atoms with van der Waals surface area (Å²) in [6, 6.07) is 0. The zero-order valence-corrected chi connectivity index (χ0v) is 8.54. The number of methoxy groups -OCH3 is 1. The minimum atomic E-state index is -6.43. The Labute approximate surface area is 91.0 Å². The molecule has 0 spiro atoms. The Hall–Kier alpha value is -1.28. The lowest BCUT2D eigenvalue weighted by molar-refractivity contribution is -0.341. The molecule has 0 aliphatic carbocycles. The molecule has 0 aliphatic heterocycles. The molecule has 0 aromatic carbocycles.